The number of hydrogen-bond donors (Lipinski definition) is 0. The first-order valence-corrected chi connectivity index (χ1v) is 16.5. The van der Waals surface area contributed by atoms with Gasteiger partial charge in [0.1, 0.15) is 0 Å². The molecule has 0 nitrogen and oxygen atoms in total. The Morgan fingerprint density at radius 2 is 0.833 bits per heavy atom. The van der Waals surface area contributed by atoms with Crippen LogP contribution in [0.2, 0.25) is 13.1 Å². The van der Waals surface area contributed by atoms with Gasteiger partial charge in [0, 0.05) is 9.52 Å². The fourth-order valence-electron chi connectivity index (χ4n) is 5.24. The van der Waals surface area contributed by atoms with Gasteiger partial charge >= 0.3 is 26.2 Å². The van der Waals surface area contributed by atoms with Crippen molar-refractivity contribution in [3.8, 4) is 0 Å². The smallest absolute Gasteiger partial charge is 1.00 e. The third kappa shape index (κ3) is 10.5. The molecule has 0 aliphatic heterocycles. The largest absolute Gasteiger partial charge is 4.00 e. The maximum atomic E-state index is 2.30. The first kappa shape index (κ1) is 37.8. The maximum Gasteiger partial charge on any atom is 4.00 e. The van der Waals surface area contributed by atoms with Gasteiger partial charge in [-0.2, -0.15) is 11.1 Å². The van der Waals surface area contributed by atoms with Crippen LogP contribution in [-0.4, -0.2) is 9.52 Å². The quantitative estimate of drug-likeness (QED) is 0.181. The predicted octanol–water partition coefficient (Wildman–Crippen LogP) is 4.33. The maximum absolute atomic E-state index is 2.30. The first-order valence-electron chi connectivity index (χ1n) is 14.2. The van der Waals surface area contributed by atoms with Crippen LogP contribution in [-0.2, 0) is 39.0 Å². The molecule has 4 heteroatoms. The van der Waals surface area contributed by atoms with Gasteiger partial charge < -0.3 is 24.8 Å². The summed E-state index contributed by atoms with van der Waals surface area (Å²) in [5.74, 6) is 1.13. The van der Waals surface area contributed by atoms with Gasteiger partial charge in [0.15, 0.2) is 0 Å². The zero-order valence-electron chi connectivity index (χ0n) is 25.1. The van der Waals surface area contributed by atoms with Crippen molar-refractivity contribution in [2.45, 2.75) is 51.6 Å². The normalized spacial score (nSPS) is 11.3. The van der Waals surface area contributed by atoms with Crippen molar-refractivity contribution < 1.29 is 51.0 Å². The van der Waals surface area contributed by atoms with E-state index in [0.29, 0.717) is 11.8 Å². The second-order valence-electron chi connectivity index (χ2n) is 10.5. The van der Waals surface area contributed by atoms with Crippen molar-refractivity contribution in [1.82, 2.24) is 0 Å². The molecule has 6 rings (SSSR count). The molecular formula is C38H41Cl2SiZr. The topological polar surface area (TPSA) is 0 Å². The molecule has 215 valence electrons. The molecule has 0 N–H and O–H groups in total. The van der Waals surface area contributed by atoms with E-state index in [2.05, 4.69) is 160 Å². The van der Waals surface area contributed by atoms with Crippen LogP contribution in [0.1, 0.15) is 47.9 Å². The van der Waals surface area contributed by atoms with Gasteiger partial charge in [0.2, 0.25) is 0 Å². The van der Waals surface area contributed by atoms with E-state index in [9.17, 15) is 0 Å². The van der Waals surface area contributed by atoms with Gasteiger partial charge in [-0.05, 0) is 23.0 Å². The Balaban J connectivity index is 0.000000361. The zero-order valence-corrected chi connectivity index (χ0v) is 30.2. The van der Waals surface area contributed by atoms with Gasteiger partial charge in [-0.3, -0.25) is 0 Å². The number of rotatable bonds is 6. The minimum Gasteiger partial charge on any atom is -1.00 e. The number of benzene rings is 4. The summed E-state index contributed by atoms with van der Waals surface area (Å²) in [4.78, 5) is 0. The molecule has 1 radical (unpaired) electrons. The predicted molar refractivity (Wildman–Crippen MR) is 175 cm³/mol. The number of fused-ring (bicyclic) bond motifs is 2. The van der Waals surface area contributed by atoms with E-state index in [0.717, 1.165) is 22.4 Å². The van der Waals surface area contributed by atoms with Crippen LogP contribution in [0.4, 0.5) is 0 Å². The van der Waals surface area contributed by atoms with Crippen molar-refractivity contribution in [3.05, 3.63) is 156 Å². The Hall–Kier alpha value is -2.22. The molecule has 0 spiro atoms. The molecule has 0 aliphatic rings. The summed E-state index contributed by atoms with van der Waals surface area (Å²) in [6.45, 7) is 9.02. The monoisotopic (exact) mass is 685 g/mol. The van der Waals surface area contributed by atoms with Crippen molar-refractivity contribution in [2.75, 3.05) is 0 Å². The Morgan fingerprint density at radius 1 is 0.524 bits per heavy atom. The molecule has 0 bridgehead atoms. The number of halogens is 2. The van der Waals surface area contributed by atoms with Crippen LogP contribution in [0.25, 0.3) is 21.5 Å². The van der Waals surface area contributed by atoms with Crippen molar-refractivity contribution in [3.63, 3.8) is 0 Å². The van der Waals surface area contributed by atoms with E-state index in [-0.39, 0.29) is 51.0 Å². The molecule has 0 aliphatic carbocycles. The van der Waals surface area contributed by atoms with Crippen LogP contribution < -0.4 is 24.8 Å². The fraction of sp³-hybridized carbons (Fsp3) is 0.211. The molecule has 42 heavy (non-hydrogen) atoms. The van der Waals surface area contributed by atoms with Crippen LogP contribution in [0, 0.1) is 0 Å². The second kappa shape index (κ2) is 19.9. The van der Waals surface area contributed by atoms with E-state index in [4.69, 9.17) is 0 Å². The molecule has 2 atom stereocenters. The summed E-state index contributed by atoms with van der Waals surface area (Å²) in [5.41, 5.74) is 5.76. The molecule has 2 unspecified atom stereocenters. The van der Waals surface area contributed by atoms with E-state index in [1.807, 2.05) is 0 Å². The summed E-state index contributed by atoms with van der Waals surface area (Å²) >= 11 is 0. The molecule has 0 saturated carbocycles. The summed E-state index contributed by atoms with van der Waals surface area (Å²) in [5, 5.41) is 5.51. The molecule has 0 fully saturated rings. The Morgan fingerprint density at radius 3 is 1.19 bits per heavy atom. The third-order valence-corrected chi connectivity index (χ3v) is 7.33. The summed E-state index contributed by atoms with van der Waals surface area (Å²) in [7, 11) is 0.750. The van der Waals surface area contributed by atoms with Crippen LogP contribution in [0.5, 0.6) is 0 Å². The molecule has 0 heterocycles. The molecule has 0 amide bonds. The van der Waals surface area contributed by atoms with Gasteiger partial charge in [-0.25, -0.2) is 0 Å². The Kier molecular flexibility index (Phi) is 17.9. The molecule has 0 saturated heterocycles. The zero-order chi connectivity index (χ0) is 27.5. The van der Waals surface area contributed by atoms with Gasteiger partial charge in [0.05, 0.1) is 0 Å². The van der Waals surface area contributed by atoms with Crippen molar-refractivity contribution >= 4 is 31.1 Å². The third-order valence-electron chi connectivity index (χ3n) is 7.33. The van der Waals surface area contributed by atoms with Gasteiger partial charge in [-0.15, -0.1) is 82.2 Å². The van der Waals surface area contributed by atoms with Crippen molar-refractivity contribution in [2.24, 2.45) is 0 Å². The van der Waals surface area contributed by atoms with E-state index < -0.39 is 0 Å². The Labute approximate surface area is 287 Å². The molecule has 6 aromatic carbocycles. The van der Waals surface area contributed by atoms with Gasteiger partial charge in [0.25, 0.3) is 0 Å². The van der Waals surface area contributed by atoms with Crippen LogP contribution >= 0.6 is 0 Å². The van der Waals surface area contributed by atoms with E-state index in [1.54, 1.807) is 0 Å². The minimum atomic E-state index is 0. The average Bonchev–Trinajstić information content (AvgIpc) is 3.59. The summed E-state index contributed by atoms with van der Waals surface area (Å²) in [6.07, 6.45) is 2.22. The van der Waals surface area contributed by atoms with E-state index in [1.165, 1.54) is 43.8 Å². The van der Waals surface area contributed by atoms with E-state index >= 15 is 0 Å². The van der Waals surface area contributed by atoms with Gasteiger partial charge in [-0.1, -0.05) is 113 Å². The SMILES string of the molecule is CC(Cc1c[cH-]c2ccccc12)c1ccccc1.CC(Cc1c[cH-]c2ccccc12)c1ccccc1.C[SiH]C.[Cl-].[Cl-].[Zr+4]. The van der Waals surface area contributed by atoms with Crippen LogP contribution in [0.15, 0.2) is 133 Å². The van der Waals surface area contributed by atoms with Crippen LogP contribution in [0.3, 0.4) is 0 Å². The minimum absolute atomic E-state index is 0. The summed E-state index contributed by atoms with van der Waals surface area (Å²) in [6, 6.07) is 47.8. The molecule has 0 aromatic heterocycles. The first-order chi connectivity index (χ1) is 19.1. The average molecular weight is 688 g/mol. The van der Waals surface area contributed by atoms with Crippen molar-refractivity contribution in [1.29, 1.82) is 0 Å². The molecule has 6 aromatic rings. The molecular weight excluding hydrogens is 647 g/mol. The second-order valence-corrected chi connectivity index (χ2v) is 11.7. The number of hydrogen-bond acceptors (Lipinski definition) is 0. The Bertz CT molecular complexity index is 1420. The standard InChI is InChI=1S/2C18H17.C2H7Si.2ClH.Zr/c2*1-14(15-7-3-2-4-8-15)13-17-12-11-16-9-5-6-10-18(16)17;1-3-2;;;/h2*2-12,14H,13H2,1H3;3H,1-2H3;2*1H;/q2*-1;;;;+4/p-2. The fourth-order valence-corrected chi connectivity index (χ4v) is 5.24. The summed E-state index contributed by atoms with van der Waals surface area (Å²) < 4.78 is 0.